The fraction of sp³-hybridized carbons (Fsp3) is 0.632. The van der Waals surface area contributed by atoms with E-state index in [1.807, 2.05) is 17.9 Å². The summed E-state index contributed by atoms with van der Waals surface area (Å²) in [5.74, 6) is 0.165. The van der Waals surface area contributed by atoms with E-state index in [4.69, 9.17) is 0 Å². The molecule has 2 fully saturated rings. The molecule has 126 valence electrons. The van der Waals surface area contributed by atoms with Gasteiger partial charge in [-0.25, -0.2) is 4.39 Å². The number of hydrogen-bond donors (Lipinski definition) is 0. The predicted octanol–water partition coefficient (Wildman–Crippen LogP) is 3.36. The fourth-order valence-corrected chi connectivity index (χ4v) is 4.06. The summed E-state index contributed by atoms with van der Waals surface area (Å²) in [5.41, 5.74) is 2.58. The smallest absolute Gasteiger partial charge is 0.222 e. The summed E-state index contributed by atoms with van der Waals surface area (Å²) in [5, 5.41) is 0. The van der Waals surface area contributed by atoms with E-state index in [2.05, 4.69) is 11.8 Å². The lowest BCUT2D eigenvalue weighted by molar-refractivity contribution is -0.138. The molecule has 1 aromatic rings. The van der Waals surface area contributed by atoms with Crippen LogP contribution < -0.4 is 0 Å². The van der Waals surface area contributed by atoms with Gasteiger partial charge in [-0.05, 0) is 74.9 Å². The minimum atomic E-state index is -0.157. The van der Waals surface area contributed by atoms with Crippen molar-refractivity contribution < 1.29 is 9.18 Å². The van der Waals surface area contributed by atoms with Gasteiger partial charge in [0.25, 0.3) is 0 Å². The van der Waals surface area contributed by atoms with Crippen LogP contribution in [0.15, 0.2) is 18.2 Å². The molecule has 3 nitrogen and oxygen atoms in total. The lowest BCUT2D eigenvalue weighted by atomic mass is 9.72. The largest absolute Gasteiger partial charge is 0.342 e. The standard InChI is InChI=1S/C19H27FN2O/c1-3-22-14-19(7-6-18(22)23)8-10-21(11-9-19)13-16-4-5-17(20)12-15(16)2/h4-5,12H,3,6-11,13-14H2,1-2H3. The first kappa shape index (κ1) is 16.4. The number of amides is 1. The van der Waals surface area contributed by atoms with Crippen LogP contribution in [0.1, 0.15) is 43.7 Å². The summed E-state index contributed by atoms with van der Waals surface area (Å²) in [6.07, 6.45) is 4.09. The number of nitrogens with zero attached hydrogens (tertiary/aromatic N) is 2. The summed E-state index contributed by atoms with van der Waals surface area (Å²) in [4.78, 5) is 16.4. The van der Waals surface area contributed by atoms with Gasteiger partial charge in [-0.1, -0.05) is 6.07 Å². The van der Waals surface area contributed by atoms with E-state index in [1.165, 1.54) is 5.56 Å². The number of carbonyl (C=O) groups is 1. The number of halogens is 1. The van der Waals surface area contributed by atoms with Crippen LogP contribution in [0.4, 0.5) is 4.39 Å². The Morgan fingerprint density at radius 3 is 2.61 bits per heavy atom. The molecule has 2 aliphatic rings. The molecule has 2 aliphatic heterocycles. The number of rotatable bonds is 3. The van der Waals surface area contributed by atoms with Gasteiger partial charge in [-0.3, -0.25) is 9.69 Å². The molecule has 0 aliphatic carbocycles. The van der Waals surface area contributed by atoms with Crippen LogP contribution in [-0.4, -0.2) is 41.9 Å². The number of carbonyl (C=O) groups excluding carboxylic acids is 1. The van der Waals surface area contributed by atoms with E-state index in [0.29, 0.717) is 17.7 Å². The van der Waals surface area contributed by atoms with E-state index in [1.54, 1.807) is 12.1 Å². The zero-order chi connectivity index (χ0) is 16.4. The summed E-state index contributed by atoms with van der Waals surface area (Å²) in [7, 11) is 0. The third-order valence-electron chi connectivity index (χ3n) is 5.75. The molecule has 1 amide bonds. The van der Waals surface area contributed by atoms with Crippen LogP contribution in [0.2, 0.25) is 0 Å². The van der Waals surface area contributed by atoms with Gasteiger partial charge < -0.3 is 4.90 Å². The molecule has 4 heteroatoms. The number of hydrogen-bond acceptors (Lipinski definition) is 2. The molecule has 23 heavy (non-hydrogen) atoms. The second kappa shape index (κ2) is 6.60. The van der Waals surface area contributed by atoms with Crippen molar-refractivity contribution in [3.63, 3.8) is 0 Å². The zero-order valence-electron chi connectivity index (χ0n) is 14.3. The minimum absolute atomic E-state index is 0.157. The maximum absolute atomic E-state index is 13.2. The number of benzene rings is 1. The topological polar surface area (TPSA) is 23.6 Å². The molecule has 0 N–H and O–H groups in total. The van der Waals surface area contributed by atoms with Crippen LogP contribution in [0, 0.1) is 18.2 Å². The molecule has 1 aromatic carbocycles. The lowest BCUT2D eigenvalue weighted by Gasteiger charge is -2.47. The third kappa shape index (κ3) is 3.57. The molecule has 0 unspecified atom stereocenters. The highest BCUT2D eigenvalue weighted by molar-refractivity contribution is 5.77. The van der Waals surface area contributed by atoms with Crippen molar-refractivity contribution >= 4 is 5.91 Å². The summed E-state index contributed by atoms with van der Waals surface area (Å²) in [6.45, 7) is 8.87. The van der Waals surface area contributed by atoms with Gasteiger partial charge in [0.05, 0.1) is 0 Å². The lowest BCUT2D eigenvalue weighted by Crippen LogP contribution is -2.51. The van der Waals surface area contributed by atoms with Gasteiger partial charge in [0.2, 0.25) is 5.91 Å². The van der Waals surface area contributed by atoms with Crippen molar-refractivity contribution in [3.05, 3.63) is 35.1 Å². The van der Waals surface area contributed by atoms with Gasteiger partial charge in [0, 0.05) is 26.1 Å². The molecule has 0 saturated carbocycles. The van der Waals surface area contributed by atoms with E-state index in [9.17, 15) is 9.18 Å². The Morgan fingerprint density at radius 1 is 1.22 bits per heavy atom. The summed E-state index contributed by atoms with van der Waals surface area (Å²) >= 11 is 0. The summed E-state index contributed by atoms with van der Waals surface area (Å²) < 4.78 is 13.2. The second-order valence-electron chi connectivity index (χ2n) is 7.25. The normalized spacial score (nSPS) is 21.9. The van der Waals surface area contributed by atoms with Crippen molar-refractivity contribution in [2.24, 2.45) is 5.41 Å². The Hall–Kier alpha value is -1.42. The minimum Gasteiger partial charge on any atom is -0.342 e. The quantitative estimate of drug-likeness (QED) is 0.853. The zero-order valence-corrected chi connectivity index (χ0v) is 14.3. The van der Waals surface area contributed by atoms with Crippen LogP contribution in [0.5, 0.6) is 0 Å². The van der Waals surface area contributed by atoms with Crippen molar-refractivity contribution in [2.75, 3.05) is 26.2 Å². The van der Waals surface area contributed by atoms with Gasteiger partial charge in [0.1, 0.15) is 5.82 Å². The van der Waals surface area contributed by atoms with Crippen LogP contribution >= 0.6 is 0 Å². The van der Waals surface area contributed by atoms with Crippen LogP contribution in [0.3, 0.4) is 0 Å². The van der Waals surface area contributed by atoms with Gasteiger partial charge >= 0.3 is 0 Å². The maximum Gasteiger partial charge on any atom is 0.222 e. The summed E-state index contributed by atoms with van der Waals surface area (Å²) in [6, 6.07) is 5.08. The molecule has 0 radical (unpaired) electrons. The van der Waals surface area contributed by atoms with Gasteiger partial charge in [-0.2, -0.15) is 0 Å². The Labute approximate surface area is 138 Å². The number of aryl methyl sites for hydroxylation is 1. The Bertz CT molecular complexity index is 579. The molecule has 2 heterocycles. The molecule has 0 aromatic heterocycles. The number of likely N-dealkylation sites (tertiary alicyclic amines) is 2. The first-order valence-corrected chi connectivity index (χ1v) is 8.76. The van der Waals surface area contributed by atoms with Crippen LogP contribution in [0.25, 0.3) is 0 Å². The van der Waals surface area contributed by atoms with Gasteiger partial charge in [-0.15, -0.1) is 0 Å². The Balaban J connectivity index is 1.59. The molecular weight excluding hydrogens is 291 g/mol. The maximum atomic E-state index is 13.2. The van der Waals surface area contributed by atoms with E-state index >= 15 is 0 Å². The van der Waals surface area contributed by atoms with Crippen molar-refractivity contribution in [2.45, 2.75) is 46.1 Å². The van der Waals surface area contributed by atoms with E-state index in [0.717, 1.165) is 57.5 Å². The molecule has 0 atom stereocenters. The second-order valence-corrected chi connectivity index (χ2v) is 7.25. The highest BCUT2D eigenvalue weighted by atomic mass is 19.1. The number of piperidine rings is 2. The average Bonchev–Trinajstić information content (AvgIpc) is 2.55. The van der Waals surface area contributed by atoms with E-state index in [-0.39, 0.29) is 5.82 Å². The molecule has 3 rings (SSSR count). The van der Waals surface area contributed by atoms with Gasteiger partial charge in [0.15, 0.2) is 0 Å². The average molecular weight is 318 g/mol. The van der Waals surface area contributed by atoms with Crippen LogP contribution in [-0.2, 0) is 11.3 Å². The van der Waals surface area contributed by atoms with Crippen molar-refractivity contribution in [3.8, 4) is 0 Å². The van der Waals surface area contributed by atoms with Crippen molar-refractivity contribution in [1.29, 1.82) is 0 Å². The third-order valence-corrected chi connectivity index (χ3v) is 5.75. The van der Waals surface area contributed by atoms with Crippen molar-refractivity contribution in [1.82, 2.24) is 9.80 Å². The molecular formula is C19H27FN2O. The first-order valence-electron chi connectivity index (χ1n) is 8.76. The first-order chi connectivity index (χ1) is 11.0. The van der Waals surface area contributed by atoms with E-state index < -0.39 is 0 Å². The predicted molar refractivity (Wildman–Crippen MR) is 89.6 cm³/mol. The Morgan fingerprint density at radius 2 is 1.96 bits per heavy atom. The highest BCUT2D eigenvalue weighted by Gasteiger charge is 2.40. The molecule has 2 saturated heterocycles. The SMILES string of the molecule is CCN1CC2(CCC1=O)CCN(Cc1ccc(F)cc1C)CC2. The molecule has 0 bridgehead atoms. The molecule has 1 spiro atoms. The fourth-order valence-electron chi connectivity index (χ4n) is 4.06. The Kier molecular flexibility index (Phi) is 4.72. The highest BCUT2D eigenvalue weighted by Crippen LogP contribution is 2.40. The monoisotopic (exact) mass is 318 g/mol.